The molecule has 0 amide bonds. The number of hydrogen-bond acceptors (Lipinski definition) is 0. The Balaban J connectivity index is 0. The molecule has 0 spiro atoms. The summed E-state index contributed by atoms with van der Waals surface area (Å²) in [7, 11) is 0. The lowest BCUT2D eigenvalue weighted by Gasteiger charge is -1.96. The zero-order valence-corrected chi connectivity index (χ0v) is 9.17. The number of allylic oxidation sites excluding steroid dienone is 1. The second kappa shape index (κ2) is 10.0. The van der Waals surface area contributed by atoms with Crippen LogP contribution in [0.1, 0.15) is 45.7 Å². The number of hydrogen-bond donors (Lipinski definition) is 0. The van der Waals surface area contributed by atoms with Crippen molar-refractivity contribution in [3.05, 3.63) is 41.5 Å². The maximum atomic E-state index is 2.18. The van der Waals surface area contributed by atoms with E-state index in [4.69, 9.17) is 0 Å². The van der Waals surface area contributed by atoms with Crippen LogP contribution in [0.3, 0.4) is 0 Å². The van der Waals surface area contributed by atoms with Gasteiger partial charge >= 0.3 is 0 Å². The van der Waals surface area contributed by atoms with Crippen molar-refractivity contribution in [3.8, 4) is 0 Å². The van der Waals surface area contributed by atoms with Crippen LogP contribution in [0.5, 0.6) is 0 Å². The largest absolute Gasteiger partial charge is 0.0842 e. The molecule has 1 aromatic carbocycles. The molecule has 0 atom stereocenters. The minimum atomic E-state index is 0. The van der Waals surface area contributed by atoms with E-state index >= 15 is 0 Å². The summed E-state index contributed by atoms with van der Waals surface area (Å²) >= 11 is 0. The first-order chi connectivity index (χ1) is 6.34. The molecule has 0 aliphatic carbocycles. The van der Waals surface area contributed by atoms with Crippen molar-refractivity contribution in [1.29, 1.82) is 0 Å². The fourth-order valence-corrected chi connectivity index (χ4v) is 1.02. The summed E-state index contributed by atoms with van der Waals surface area (Å²) in [6.45, 7) is 8.28. The van der Waals surface area contributed by atoms with Crippen LogP contribution in [0, 0.1) is 6.92 Å². The minimum Gasteiger partial charge on any atom is -0.0842 e. The van der Waals surface area contributed by atoms with Gasteiger partial charge in [-0.25, -0.2) is 0 Å². The predicted molar refractivity (Wildman–Crippen MR) is 68.6 cm³/mol. The van der Waals surface area contributed by atoms with Crippen molar-refractivity contribution < 1.29 is 0 Å². The third-order valence-electron chi connectivity index (χ3n) is 1.72. The first-order valence-corrected chi connectivity index (χ1v) is 5.06. The van der Waals surface area contributed by atoms with E-state index in [0.29, 0.717) is 0 Å². The molecule has 80 valence electrons. The maximum Gasteiger partial charge on any atom is -0.0231 e. The summed E-state index contributed by atoms with van der Waals surface area (Å²) in [6.07, 6.45) is 5.46. The molecule has 0 unspecified atom stereocenters. The van der Waals surface area contributed by atoms with E-state index in [9.17, 15) is 0 Å². The standard InChI is InChI=1S/C11H14.C2H6.CH4/c1-3-4-8-11-9-6-5-7-10(11)2;1-2;/h4-9H,3H2,1-2H3;1-2H3;1H4/b8-4-;;. The highest BCUT2D eigenvalue weighted by atomic mass is 13.9. The summed E-state index contributed by atoms with van der Waals surface area (Å²) in [5.41, 5.74) is 2.67. The molecule has 0 radical (unpaired) electrons. The molecule has 0 bridgehead atoms. The van der Waals surface area contributed by atoms with E-state index in [1.54, 1.807) is 0 Å². The molecule has 1 rings (SSSR count). The molecule has 1 aromatic rings. The van der Waals surface area contributed by atoms with E-state index in [0.717, 1.165) is 6.42 Å². The summed E-state index contributed by atoms with van der Waals surface area (Å²) < 4.78 is 0. The molecule has 0 aliphatic heterocycles. The van der Waals surface area contributed by atoms with Gasteiger partial charge in [0.25, 0.3) is 0 Å². The summed E-state index contributed by atoms with van der Waals surface area (Å²) in [6, 6.07) is 8.41. The normalized spacial score (nSPS) is 8.86. The molecule has 0 saturated carbocycles. The molecule has 0 heteroatoms. The fourth-order valence-electron chi connectivity index (χ4n) is 1.02. The van der Waals surface area contributed by atoms with Crippen LogP contribution >= 0.6 is 0 Å². The minimum absolute atomic E-state index is 0. The van der Waals surface area contributed by atoms with Crippen LogP contribution in [-0.2, 0) is 0 Å². The van der Waals surface area contributed by atoms with Gasteiger partial charge in [0.1, 0.15) is 0 Å². The molecule has 14 heavy (non-hydrogen) atoms. The van der Waals surface area contributed by atoms with Crippen LogP contribution in [-0.4, -0.2) is 0 Å². The van der Waals surface area contributed by atoms with Gasteiger partial charge in [0, 0.05) is 0 Å². The van der Waals surface area contributed by atoms with Gasteiger partial charge in [0.2, 0.25) is 0 Å². The van der Waals surface area contributed by atoms with Gasteiger partial charge in [0.05, 0.1) is 0 Å². The quantitative estimate of drug-likeness (QED) is 0.613. The topological polar surface area (TPSA) is 0 Å². The molecule has 0 aliphatic rings. The average Bonchev–Trinajstić information content (AvgIpc) is 2.20. The Kier molecular flexibility index (Phi) is 11.1. The van der Waals surface area contributed by atoms with E-state index in [2.05, 4.69) is 50.3 Å². The Bertz CT molecular complexity index is 246. The zero-order valence-electron chi connectivity index (χ0n) is 9.17. The number of rotatable bonds is 2. The lowest BCUT2D eigenvalue weighted by atomic mass is 10.1. The van der Waals surface area contributed by atoms with Gasteiger partial charge in [-0.1, -0.05) is 64.6 Å². The molecule has 0 heterocycles. The Morgan fingerprint density at radius 1 is 1.14 bits per heavy atom. The van der Waals surface area contributed by atoms with Crippen LogP contribution in [0.25, 0.3) is 6.08 Å². The van der Waals surface area contributed by atoms with Gasteiger partial charge in [-0.2, -0.15) is 0 Å². The Hall–Kier alpha value is -1.04. The number of aryl methyl sites for hydroxylation is 1. The van der Waals surface area contributed by atoms with Gasteiger partial charge in [-0.15, -0.1) is 0 Å². The molecular weight excluding hydrogens is 168 g/mol. The third kappa shape index (κ3) is 5.58. The SMILES string of the molecule is C.CC.CC/C=C\c1ccccc1C. The highest BCUT2D eigenvalue weighted by Crippen LogP contribution is 2.08. The molecular formula is C14H24. The third-order valence-corrected chi connectivity index (χ3v) is 1.72. The van der Waals surface area contributed by atoms with E-state index in [1.165, 1.54) is 11.1 Å². The lowest BCUT2D eigenvalue weighted by molar-refractivity contribution is 1.23. The highest BCUT2D eigenvalue weighted by Gasteiger charge is 1.88. The zero-order chi connectivity index (χ0) is 10.1. The Morgan fingerprint density at radius 2 is 1.71 bits per heavy atom. The molecule has 0 fully saturated rings. The number of benzene rings is 1. The van der Waals surface area contributed by atoms with E-state index in [1.807, 2.05) is 13.8 Å². The molecule has 0 nitrogen and oxygen atoms in total. The Morgan fingerprint density at radius 3 is 2.21 bits per heavy atom. The highest BCUT2D eigenvalue weighted by molar-refractivity contribution is 5.52. The second-order valence-corrected chi connectivity index (χ2v) is 2.67. The first kappa shape index (κ1) is 15.4. The first-order valence-electron chi connectivity index (χ1n) is 5.06. The van der Waals surface area contributed by atoms with Crippen molar-refractivity contribution in [1.82, 2.24) is 0 Å². The summed E-state index contributed by atoms with van der Waals surface area (Å²) in [5.74, 6) is 0. The van der Waals surface area contributed by atoms with E-state index in [-0.39, 0.29) is 7.43 Å². The second-order valence-electron chi connectivity index (χ2n) is 2.67. The van der Waals surface area contributed by atoms with Crippen LogP contribution in [0.4, 0.5) is 0 Å². The lowest BCUT2D eigenvalue weighted by Crippen LogP contribution is -1.76. The van der Waals surface area contributed by atoms with E-state index < -0.39 is 0 Å². The molecule has 0 aromatic heterocycles. The van der Waals surface area contributed by atoms with Crippen LogP contribution < -0.4 is 0 Å². The molecule has 0 N–H and O–H groups in total. The van der Waals surface area contributed by atoms with Crippen LogP contribution in [0.2, 0.25) is 0 Å². The smallest absolute Gasteiger partial charge is 0.0231 e. The van der Waals surface area contributed by atoms with Gasteiger partial charge in [-0.3, -0.25) is 0 Å². The maximum absolute atomic E-state index is 2.18. The summed E-state index contributed by atoms with van der Waals surface area (Å²) in [5, 5.41) is 0. The van der Waals surface area contributed by atoms with Crippen molar-refractivity contribution >= 4 is 6.08 Å². The van der Waals surface area contributed by atoms with Gasteiger partial charge in [-0.05, 0) is 24.5 Å². The van der Waals surface area contributed by atoms with Crippen molar-refractivity contribution in [2.24, 2.45) is 0 Å². The summed E-state index contributed by atoms with van der Waals surface area (Å²) in [4.78, 5) is 0. The van der Waals surface area contributed by atoms with Crippen molar-refractivity contribution in [2.45, 2.75) is 41.5 Å². The van der Waals surface area contributed by atoms with Gasteiger partial charge in [0.15, 0.2) is 0 Å². The van der Waals surface area contributed by atoms with Gasteiger partial charge < -0.3 is 0 Å². The Labute approximate surface area is 89.7 Å². The average molecular weight is 192 g/mol. The predicted octanol–water partition coefficient (Wildman–Crippen LogP) is 5.08. The van der Waals surface area contributed by atoms with Crippen molar-refractivity contribution in [2.75, 3.05) is 0 Å². The molecule has 0 saturated heterocycles. The monoisotopic (exact) mass is 192 g/mol. The fraction of sp³-hybridized carbons (Fsp3) is 0.429. The van der Waals surface area contributed by atoms with Crippen molar-refractivity contribution in [3.63, 3.8) is 0 Å². The van der Waals surface area contributed by atoms with Crippen LogP contribution in [0.15, 0.2) is 30.3 Å².